The molecule has 2 fully saturated rings. The van der Waals surface area contributed by atoms with Gasteiger partial charge in [0.25, 0.3) is 5.91 Å². The fraction of sp³-hybridized carbons (Fsp3) is 0.294. The Bertz CT molecular complexity index is 1690. The number of carbonyl (C=O) groups excluding carboxylic acids is 2. The van der Waals surface area contributed by atoms with E-state index in [2.05, 4.69) is 60.2 Å². The zero-order valence-electron chi connectivity index (χ0n) is 22.8. The summed E-state index contributed by atoms with van der Waals surface area (Å²) in [6, 6.07) is 24.3. The first kappa shape index (κ1) is 24.7. The maximum absolute atomic E-state index is 14.1. The maximum Gasteiger partial charge on any atom is 0.314 e. The van der Waals surface area contributed by atoms with Crippen molar-refractivity contribution in [2.75, 3.05) is 27.3 Å². The lowest BCUT2D eigenvalue weighted by Gasteiger charge is -2.59. The van der Waals surface area contributed by atoms with Gasteiger partial charge in [-0.25, -0.2) is 0 Å². The molecular formula is C34H32N2O4. The van der Waals surface area contributed by atoms with Crippen molar-refractivity contribution in [2.45, 2.75) is 24.2 Å². The van der Waals surface area contributed by atoms with Gasteiger partial charge in [-0.3, -0.25) is 9.59 Å². The summed E-state index contributed by atoms with van der Waals surface area (Å²) in [5, 5.41) is 1.15. The van der Waals surface area contributed by atoms with E-state index < -0.39 is 10.8 Å². The van der Waals surface area contributed by atoms with Gasteiger partial charge in [0.05, 0.1) is 19.6 Å². The number of H-pyrrole nitrogens is 1. The fourth-order valence-corrected chi connectivity index (χ4v) is 8.39. The molecule has 1 aliphatic heterocycles. The van der Waals surface area contributed by atoms with Crippen LogP contribution in [0.2, 0.25) is 0 Å². The summed E-state index contributed by atoms with van der Waals surface area (Å²) < 4.78 is 11.1. The van der Waals surface area contributed by atoms with Crippen LogP contribution in [0.1, 0.15) is 41.0 Å². The maximum atomic E-state index is 14.1. The SMILES string of the molecule is C=C(C(=O)N1CC2C3(c4c[nH]c5ccccc45)CCC(c4ccccc43)C2(C(=O)OC)C1)c1ccccc1OC. The molecule has 6 nitrogen and oxygen atoms in total. The van der Waals surface area contributed by atoms with Crippen LogP contribution < -0.4 is 4.74 Å². The highest BCUT2D eigenvalue weighted by Gasteiger charge is 2.71. The lowest BCUT2D eigenvalue weighted by Crippen LogP contribution is -2.60. The summed E-state index contributed by atoms with van der Waals surface area (Å²) in [5.74, 6) is -0.0120. The van der Waals surface area contributed by atoms with Crippen LogP contribution in [-0.2, 0) is 19.7 Å². The Balaban J connectivity index is 1.42. The number of esters is 1. The third-order valence-electron chi connectivity index (χ3n) is 9.95. The Kier molecular flexibility index (Phi) is 5.46. The van der Waals surface area contributed by atoms with E-state index in [-0.39, 0.29) is 23.7 Å². The highest BCUT2D eigenvalue weighted by molar-refractivity contribution is 6.19. The fourth-order valence-electron chi connectivity index (χ4n) is 8.39. The lowest BCUT2D eigenvalue weighted by molar-refractivity contribution is -0.161. The lowest BCUT2D eigenvalue weighted by atomic mass is 9.42. The monoisotopic (exact) mass is 532 g/mol. The van der Waals surface area contributed by atoms with Crippen LogP contribution in [0.4, 0.5) is 0 Å². The van der Waals surface area contributed by atoms with Crippen molar-refractivity contribution in [3.8, 4) is 5.75 Å². The Hall–Kier alpha value is -4.32. The van der Waals surface area contributed by atoms with Crippen LogP contribution in [0.15, 0.2) is 85.6 Å². The number of para-hydroxylation sites is 2. The number of benzene rings is 3. The number of methoxy groups -OCH3 is 2. The average molecular weight is 533 g/mol. The number of nitrogens with zero attached hydrogens (tertiary/aromatic N) is 1. The van der Waals surface area contributed by atoms with Crippen molar-refractivity contribution in [1.82, 2.24) is 9.88 Å². The quantitative estimate of drug-likeness (QED) is 0.265. The Morgan fingerprint density at radius 3 is 2.55 bits per heavy atom. The van der Waals surface area contributed by atoms with Crippen LogP contribution in [-0.4, -0.2) is 49.1 Å². The van der Waals surface area contributed by atoms with Crippen molar-refractivity contribution < 1.29 is 19.1 Å². The molecule has 1 N–H and O–H groups in total. The number of fused-ring (bicyclic) bond motifs is 2. The van der Waals surface area contributed by atoms with Gasteiger partial charge in [0.1, 0.15) is 5.75 Å². The second-order valence-corrected chi connectivity index (χ2v) is 11.3. The predicted molar refractivity (Wildman–Crippen MR) is 154 cm³/mol. The molecule has 6 heteroatoms. The summed E-state index contributed by atoms with van der Waals surface area (Å²) in [4.78, 5) is 33.5. The van der Waals surface area contributed by atoms with Crippen LogP contribution in [0.5, 0.6) is 5.75 Å². The van der Waals surface area contributed by atoms with Gasteiger partial charge in [-0.1, -0.05) is 67.2 Å². The second kappa shape index (κ2) is 8.85. The van der Waals surface area contributed by atoms with Crippen LogP contribution in [0, 0.1) is 11.3 Å². The number of hydrogen-bond donors (Lipinski definition) is 1. The number of aromatic nitrogens is 1. The van der Waals surface area contributed by atoms with E-state index in [4.69, 9.17) is 9.47 Å². The number of rotatable bonds is 5. The zero-order valence-corrected chi connectivity index (χ0v) is 22.8. The highest BCUT2D eigenvalue weighted by atomic mass is 16.5. The van der Waals surface area contributed by atoms with Gasteiger partial charge in [-0.05, 0) is 41.7 Å². The summed E-state index contributed by atoms with van der Waals surface area (Å²) in [5.41, 5.74) is 4.41. The topological polar surface area (TPSA) is 71.6 Å². The summed E-state index contributed by atoms with van der Waals surface area (Å²) in [6.07, 6.45) is 3.86. The number of carbonyl (C=O) groups is 2. The largest absolute Gasteiger partial charge is 0.496 e. The molecule has 1 amide bonds. The number of ether oxygens (including phenoxy) is 2. The Labute approximate surface area is 233 Å². The van der Waals surface area contributed by atoms with E-state index in [1.165, 1.54) is 23.8 Å². The minimum Gasteiger partial charge on any atom is -0.496 e. The van der Waals surface area contributed by atoms with E-state index >= 15 is 0 Å². The molecule has 4 atom stereocenters. The zero-order chi connectivity index (χ0) is 27.6. The molecule has 4 unspecified atom stereocenters. The number of amides is 1. The molecule has 8 rings (SSSR count). The smallest absolute Gasteiger partial charge is 0.314 e. The molecular weight excluding hydrogens is 500 g/mol. The van der Waals surface area contributed by atoms with Crippen molar-refractivity contribution in [3.05, 3.63) is 108 Å². The van der Waals surface area contributed by atoms with Crippen molar-refractivity contribution in [1.29, 1.82) is 0 Å². The van der Waals surface area contributed by atoms with Crippen molar-refractivity contribution >= 4 is 28.4 Å². The van der Waals surface area contributed by atoms with Crippen LogP contribution in [0.25, 0.3) is 16.5 Å². The van der Waals surface area contributed by atoms with Crippen molar-refractivity contribution in [3.63, 3.8) is 0 Å². The molecule has 202 valence electrons. The molecule has 1 saturated carbocycles. The molecule has 2 heterocycles. The van der Waals surface area contributed by atoms with Gasteiger partial charge in [-0.15, -0.1) is 0 Å². The third-order valence-corrected chi connectivity index (χ3v) is 9.95. The first-order valence-electron chi connectivity index (χ1n) is 13.8. The first-order valence-corrected chi connectivity index (χ1v) is 13.8. The molecule has 0 spiro atoms. The Morgan fingerprint density at radius 2 is 1.73 bits per heavy atom. The molecule has 4 aliphatic rings. The van der Waals surface area contributed by atoms with E-state index in [0.29, 0.717) is 30.0 Å². The molecule has 40 heavy (non-hydrogen) atoms. The summed E-state index contributed by atoms with van der Waals surface area (Å²) in [7, 11) is 3.06. The average Bonchev–Trinajstić information content (AvgIpc) is 3.65. The van der Waals surface area contributed by atoms with Gasteiger partial charge >= 0.3 is 5.97 Å². The molecule has 3 aromatic carbocycles. The van der Waals surface area contributed by atoms with Gasteiger partial charge in [0.15, 0.2) is 0 Å². The molecule has 1 aromatic heterocycles. The normalized spacial score (nSPS) is 26.3. The highest BCUT2D eigenvalue weighted by Crippen LogP contribution is 2.69. The van der Waals surface area contributed by atoms with Crippen molar-refractivity contribution in [2.24, 2.45) is 11.3 Å². The minimum atomic E-state index is -0.865. The first-order chi connectivity index (χ1) is 19.5. The predicted octanol–water partition coefficient (Wildman–Crippen LogP) is 5.68. The van der Waals surface area contributed by atoms with Gasteiger partial charge < -0.3 is 19.4 Å². The minimum absolute atomic E-state index is 0.0365. The summed E-state index contributed by atoms with van der Waals surface area (Å²) >= 11 is 0. The van der Waals surface area contributed by atoms with E-state index in [9.17, 15) is 9.59 Å². The van der Waals surface area contributed by atoms with Gasteiger partial charge in [0.2, 0.25) is 0 Å². The number of nitrogens with one attached hydrogen (secondary N) is 1. The molecule has 0 radical (unpaired) electrons. The van der Waals surface area contributed by atoms with Gasteiger partial charge in [0, 0.05) is 58.6 Å². The summed E-state index contributed by atoms with van der Waals surface area (Å²) in [6.45, 7) is 4.92. The molecule has 4 aromatic rings. The Morgan fingerprint density at radius 1 is 0.975 bits per heavy atom. The van der Waals surface area contributed by atoms with Crippen LogP contribution in [0.3, 0.4) is 0 Å². The van der Waals surface area contributed by atoms with E-state index in [0.717, 1.165) is 23.7 Å². The van der Waals surface area contributed by atoms with E-state index in [1.807, 2.05) is 35.2 Å². The third kappa shape index (κ3) is 3.05. The standard InChI is InChI=1S/C34H32N2O4/c1-21(22-10-6-9-15-29(22)39-2)31(37)36-19-30-33(27-18-35-28-14-8-5-12-24(27)28)17-16-26(23-11-4-7-13-25(23)33)34(30,20-36)32(38)40-3/h4-15,18,26,30,35H,1,16-17,19-20H2,2-3H3. The number of likely N-dealkylation sites (tertiary alicyclic amines) is 1. The van der Waals surface area contributed by atoms with Gasteiger partial charge in [-0.2, -0.15) is 0 Å². The second-order valence-electron chi connectivity index (χ2n) is 11.3. The van der Waals surface area contributed by atoms with Crippen LogP contribution >= 0.6 is 0 Å². The number of hydrogen-bond acceptors (Lipinski definition) is 4. The molecule has 2 bridgehead atoms. The molecule has 3 aliphatic carbocycles. The molecule has 1 saturated heterocycles. The number of aromatic amines is 1. The van der Waals surface area contributed by atoms with E-state index in [1.54, 1.807) is 7.11 Å².